The summed E-state index contributed by atoms with van der Waals surface area (Å²) in [5.41, 5.74) is 10.7. The van der Waals surface area contributed by atoms with Crippen LogP contribution in [0.1, 0.15) is 64.7 Å². The summed E-state index contributed by atoms with van der Waals surface area (Å²) in [7, 11) is 0. The lowest BCUT2D eigenvalue weighted by Crippen LogP contribution is -2.54. The van der Waals surface area contributed by atoms with Gasteiger partial charge in [0.2, 0.25) is 17.7 Å². The number of carboxylic acids is 1. The van der Waals surface area contributed by atoms with E-state index in [1.54, 1.807) is 6.92 Å². The summed E-state index contributed by atoms with van der Waals surface area (Å²) in [5.74, 6) is -2.46. The van der Waals surface area contributed by atoms with Gasteiger partial charge in [-0.1, -0.05) is 39.0 Å². The summed E-state index contributed by atoms with van der Waals surface area (Å²) in [5, 5.41) is 14.5. The Kier molecular flexibility index (Phi) is 9.77. The lowest BCUT2D eigenvalue weighted by atomic mass is 9.85. The van der Waals surface area contributed by atoms with Crippen molar-refractivity contribution in [1.29, 1.82) is 0 Å². The summed E-state index contributed by atoms with van der Waals surface area (Å²) >= 11 is 0. The quantitative estimate of drug-likeness (QED) is 0.337. The zero-order valence-electron chi connectivity index (χ0n) is 15.9. The zero-order valence-corrected chi connectivity index (χ0v) is 15.9. The van der Waals surface area contributed by atoms with Crippen molar-refractivity contribution in [2.45, 2.75) is 82.8 Å². The van der Waals surface area contributed by atoms with Gasteiger partial charge < -0.3 is 27.2 Å². The molecule has 1 rings (SSSR count). The third-order valence-corrected chi connectivity index (χ3v) is 4.99. The Morgan fingerprint density at radius 2 is 1.63 bits per heavy atom. The van der Waals surface area contributed by atoms with Gasteiger partial charge in [-0.25, -0.2) is 4.79 Å². The summed E-state index contributed by atoms with van der Waals surface area (Å²) in [6.45, 7) is 1.70. The number of nitrogens with two attached hydrogens (primary N) is 2. The fraction of sp³-hybridized carbons (Fsp3) is 0.778. The molecule has 154 valence electrons. The van der Waals surface area contributed by atoms with E-state index in [-0.39, 0.29) is 25.2 Å². The normalized spacial score (nSPS) is 18.1. The molecular formula is C18H32N4O5. The van der Waals surface area contributed by atoms with Crippen molar-refractivity contribution in [2.24, 2.45) is 17.4 Å². The van der Waals surface area contributed by atoms with Crippen molar-refractivity contribution in [3.05, 3.63) is 0 Å². The molecule has 9 heteroatoms. The lowest BCUT2D eigenvalue weighted by molar-refractivity contribution is -0.143. The number of carbonyl (C=O) groups is 4. The topological polar surface area (TPSA) is 165 Å². The second-order valence-electron chi connectivity index (χ2n) is 7.22. The molecule has 1 fully saturated rings. The van der Waals surface area contributed by atoms with Crippen LogP contribution in [0.2, 0.25) is 0 Å². The first-order valence-corrected chi connectivity index (χ1v) is 9.62. The van der Waals surface area contributed by atoms with Gasteiger partial charge in [0.05, 0.1) is 6.04 Å². The first-order valence-electron chi connectivity index (χ1n) is 9.62. The van der Waals surface area contributed by atoms with Crippen LogP contribution in [0.15, 0.2) is 0 Å². The number of carboxylic acid groups (broad SMARTS) is 1. The minimum atomic E-state index is -1.08. The van der Waals surface area contributed by atoms with E-state index in [2.05, 4.69) is 10.6 Å². The van der Waals surface area contributed by atoms with Crippen LogP contribution in [0.3, 0.4) is 0 Å². The van der Waals surface area contributed by atoms with Crippen LogP contribution in [0.4, 0.5) is 0 Å². The fourth-order valence-corrected chi connectivity index (χ4v) is 3.31. The van der Waals surface area contributed by atoms with E-state index in [9.17, 15) is 24.3 Å². The van der Waals surface area contributed by atoms with Crippen molar-refractivity contribution >= 4 is 23.7 Å². The number of amides is 3. The smallest absolute Gasteiger partial charge is 0.326 e. The first kappa shape index (κ1) is 22.9. The van der Waals surface area contributed by atoms with Crippen molar-refractivity contribution in [2.75, 3.05) is 0 Å². The molecule has 0 spiro atoms. The third kappa shape index (κ3) is 8.38. The summed E-state index contributed by atoms with van der Waals surface area (Å²) < 4.78 is 0. The number of rotatable bonds is 11. The van der Waals surface area contributed by atoms with Crippen molar-refractivity contribution in [1.82, 2.24) is 10.6 Å². The molecule has 0 unspecified atom stereocenters. The van der Waals surface area contributed by atoms with Crippen LogP contribution in [-0.4, -0.2) is 46.9 Å². The van der Waals surface area contributed by atoms with Gasteiger partial charge in [0.25, 0.3) is 0 Å². The SMILES string of the molecule is CC[C@H](NC(=O)[C@@H](N)CCC(N)=O)C(=O)N[C@@H](CC1CCCCC1)C(=O)O. The maximum Gasteiger partial charge on any atom is 0.326 e. The second-order valence-corrected chi connectivity index (χ2v) is 7.22. The molecule has 1 aliphatic carbocycles. The molecule has 9 nitrogen and oxygen atoms in total. The van der Waals surface area contributed by atoms with Gasteiger partial charge in [-0.15, -0.1) is 0 Å². The molecule has 0 saturated heterocycles. The van der Waals surface area contributed by atoms with Crippen molar-refractivity contribution < 1.29 is 24.3 Å². The minimum absolute atomic E-state index is 0.0277. The van der Waals surface area contributed by atoms with Crippen molar-refractivity contribution in [3.8, 4) is 0 Å². The highest BCUT2D eigenvalue weighted by Gasteiger charge is 2.29. The molecule has 0 aromatic heterocycles. The van der Waals surface area contributed by atoms with Crippen LogP contribution in [0.5, 0.6) is 0 Å². The Labute approximate surface area is 159 Å². The maximum atomic E-state index is 12.5. The Hall–Kier alpha value is -2.16. The first-order chi connectivity index (χ1) is 12.7. The van der Waals surface area contributed by atoms with Crippen molar-refractivity contribution in [3.63, 3.8) is 0 Å². The molecule has 7 N–H and O–H groups in total. The number of hydrogen-bond donors (Lipinski definition) is 5. The molecule has 3 atom stereocenters. The summed E-state index contributed by atoms with van der Waals surface area (Å²) in [4.78, 5) is 46.8. The van der Waals surface area contributed by atoms with E-state index in [1.807, 2.05) is 0 Å². The Bertz CT molecular complexity index is 534. The van der Waals surface area contributed by atoms with E-state index < -0.39 is 41.8 Å². The van der Waals surface area contributed by atoms with Gasteiger partial charge in [0.15, 0.2) is 0 Å². The molecular weight excluding hydrogens is 352 g/mol. The summed E-state index contributed by atoms with van der Waals surface area (Å²) in [6.07, 6.45) is 6.02. The number of primary amides is 1. The van der Waals surface area contributed by atoms with Crippen LogP contribution >= 0.6 is 0 Å². The highest BCUT2D eigenvalue weighted by Crippen LogP contribution is 2.27. The number of aliphatic carboxylic acids is 1. The standard InChI is InChI=1S/C18H32N4O5/c1-2-13(21-16(24)12(19)8-9-15(20)23)17(25)22-14(18(26)27)10-11-6-4-3-5-7-11/h11-14H,2-10,19H2,1H3,(H2,20,23)(H,21,24)(H,22,25)(H,26,27)/t12-,13-,14-/m0/s1. The molecule has 0 radical (unpaired) electrons. The molecule has 0 bridgehead atoms. The highest BCUT2D eigenvalue weighted by molar-refractivity contribution is 5.91. The van der Waals surface area contributed by atoms with Gasteiger partial charge in [0, 0.05) is 6.42 Å². The van der Waals surface area contributed by atoms with E-state index >= 15 is 0 Å². The predicted molar refractivity (Wildman–Crippen MR) is 99.4 cm³/mol. The Morgan fingerprint density at radius 3 is 2.15 bits per heavy atom. The Balaban J connectivity index is 2.59. The largest absolute Gasteiger partial charge is 0.480 e. The lowest BCUT2D eigenvalue weighted by Gasteiger charge is -2.26. The van der Waals surface area contributed by atoms with Gasteiger partial charge in [-0.2, -0.15) is 0 Å². The molecule has 1 aliphatic rings. The highest BCUT2D eigenvalue weighted by atomic mass is 16.4. The maximum absolute atomic E-state index is 12.5. The van der Waals surface area contributed by atoms with Gasteiger partial charge in [0.1, 0.15) is 12.1 Å². The van der Waals surface area contributed by atoms with E-state index in [0.717, 1.165) is 25.7 Å². The third-order valence-electron chi connectivity index (χ3n) is 4.99. The van der Waals surface area contributed by atoms with Crippen LogP contribution in [-0.2, 0) is 19.2 Å². The molecule has 0 aromatic carbocycles. The molecule has 27 heavy (non-hydrogen) atoms. The minimum Gasteiger partial charge on any atom is -0.480 e. The number of carbonyl (C=O) groups excluding carboxylic acids is 3. The second kappa shape index (κ2) is 11.5. The molecule has 1 saturated carbocycles. The van der Waals surface area contributed by atoms with Crippen LogP contribution < -0.4 is 22.1 Å². The van der Waals surface area contributed by atoms with Crippen LogP contribution in [0, 0.1) is 5.92 Å². The van der Waals surface area contributed by atoms with Gasteiger partial charge in [-0.3, -0.25) is 14.4 Å². The Morgan fingerprint density at radius 1 is 1.04 bits per heavy atom. The van der Waals surface area contributed by atoms with Gasteiger partial charge >= 0.3 is 5.97 Å². The molecule has 0 aliphatic heterocycles. The average molecular weight is 384 g/mol. The molecule has 0 aromatic rings. The molecule has 0 heterocycles. The molecule has 3 amide bonds. The van der Waals surface area contributed by atoms with Crippen LogP contribution in [0.25, 0.3) is 0 Å². The zero-order chi connectivity index (χ0) is 20.4. The van der Waals surface area contributed by atoms with Gasteiger partial charge in [-0.05, 0) is 25.2 Å². The average Bonchev–Trinajstić information content (AvgIpc) is 2.63. The monoisotopic (exact) mass is 384 g/mol. The van der Waals surface area contributed by atoms with E-state index in [0.29, 0.717) is 6.42 Å². The van der Waals surface area contributed by atoms with E-state index in [1.165, 1.54) is 6.42 Å². The van der Waals surface area contributed by atoms with E-state index in [4.69, 9.17) is 11.5 Å². The fourth-order valence-electron chi connectivity index (χ4n) is 3.31. The number of nitrogens with one attached hydrogen (secondary N) is 2. The number of hydrogen-bond acceptors (Lipinski definition) is 5. The predicted octanol–water partition coefficient (Wildman–Crippen LogP) is 0.0138. The summed E-state index contributed by atoms with van der Waals surface area (Å²) in [6, 6.07) is -2.82.